The lowest BCUT2D eigenvalue weighted by atomic mass is 10.3. The Morgan fingerprint density at radius 2 is 1.82 bits per heavy atom. The van der Waals surface area contributed by atoms with Crippen molar-refractivity contribution in [3.05, 3.63) is 64.8 Å². The van der Waals surface area contributed by atoms with Gasteiger partial charge in [-0.2, -0.15) is 9.35 Å². The van der Waals surface area contributed by atoms with E-state index in [-0.39, 0.29) is 23.4 Å². The number of pyridine rings is 1. The number of nitrogens with one attached hydrogen (secondary N) is 1. The van der Waals surface area contributed by atoms with Crippen LogP contribution >= 0.6 is 0 Å². The molecule has 176 valence electrons. The molecule has 1 saturated heterocycles. The van der Waals surface area contributed by atoms with E-state index in [9.17, 15) is 13.4 Å². The Hall–Kier alpha value is -3.60. The van der Waals surface area contributed by atoms with Crippen LogP contribution in [0.4, 0.5) is 21.8 Å². The Morgan fingerprint density at radius 1 is 1.09 bits per heavy atom. The van der Waals surface area contributed by atoms with Gasteiger partial charge in [-0.3, -0.25) is 4.79 Å². The highest BCUT2D eigenvalue weighted by atomic mass is 32.2. The van der Waals surface area contributed by atoms with Crippen molar-refractivity contribution in [2.75, 3.05) is 16.8 Å². The van der Waals surface area contributed by atoms with Gasteiger partial charge in [0.2, 0.25) is 5.95 Å². The summed E-state index contributed by atoms with van der Waals surface area (Å²) >= 11 is 0. The third-order valence-corrected chi connectivity index (χ3v) is 7.96. The van der Waals surface area contributed by atoms with E-state index < -0.39 is 9.73 Å². The summed E-state index contributed by atoms with van der Waals surface area (Å²) in [7, 11) is -2.29. The monoisotopic (exact) mass is 481 g/mol. The van der Waals surface area contributed by atoms with Gasteiger partial charge in [0.25, 0.3) is 5.56 Å². The van der Waals surface area contributed by atoms with Crippen LogP contribution in [0.1, 0.15) is 32.7 Å². The second-order valence-corrected chi connectivity index (χ2v) is 11.0. The van der Waals surface area contributed by atoms with Crippen LogP contribution in [0.15, 0.2) is 57.8 Å². The number of nitrogens with zero attached hydrogens (tertiary/aromatic N) is 6. The summed E-state index contributed by atoms with van der Waals surface area (Å²) in [5.41, 5.74) is 0.731. The van der Waals surface area contributed by atoms with Crippen LogP contribution in [0.25, 0.3) is 16.9 Å². The minimum atomic E-state index is -2.29. The topological polar surface area (TPSA) is 107 Å². The van der Waals surface area contributed by atoms with Gasteiger partial charge in [-0.25, -0.2) is 27.9 Å². The van der Waals surface area contributed by atoms with Crippen molar-refractivity contribution in [1.82, 2.24) is 24.3 Å². The zero-order valence-corrected chi connectivity index (χ0v) is 19.6. The van der Waals surface area contributed by atoms with Gasteiger partial charge < -0.3 is 5.32 Å². The van der Waals surface area contributed by atoms with Gasteiger partial charge in [-0.05, 0) is 63.1 Å². The molecule has 0 saturated carbocycles. The third kappa shape index (κ3) is 4.18. The number of fused-ring (bicyclic) bond motifs is 1. The highest BCUT2D eigenvalue weighted by Gasteiger charge is 2.21. The van der Waals surface area contributed by atoms with Crippen molar-refractivity contribution in [2.24, 2.45) is 4.36 Å². The molecule has 9 nitrogen and oxygen atoms in total. The first-order valence-corrected chi connectivity index (χ1v) is 12.9. The van der Waals surface area contributed by atoms with Crippen LogP contribution in [0.2, 0.25) is 0 Å². The van der Waals surface area contributed by atoms with E-state index in [2.05, 4.69) is 24.6 Å². The summed E-state index contributed by atoms with van der Waals surface area (Å²) in [5, 5.41) is 3.37. The van der Waals surface area contributed by atoms with E-state index in [1.165, 1.54) is 18.3 Å². The average molecular weight is 482 g/mol. The van der Waals surface area contributed by atoms with Crippen LogP contribution in [0.3, 0.4) is 0 Å². The minimum Gasteiger partial charge on any atom is -0.324 e. The van der Waals surface area contributed by atoms with Gasteiger partial charge >= 0.3 is 0 Å². The van der Waals surface area contributed by atoms with Gasteiger partial charge in [0, 0.05) is 29.4 Å². The molecule has 1 aliphatic rings. The van der Waals surface area contributed by atoms with E-state index in [1.807, 2.05) is 13.8 Å². The molecule has 4 heterocycles. The molecule has 1 aromatic carbocycles. The Balaban J connectivity index is 1.65. The molecule has 1 N–H and O–H groups in total. The molecule has 5 rings (SSSR count). The van der Waals surface area contributed by atoms with E-state index in [1.54, 1.807) is 39.7 Å². The number of hydrogen-bond donors (Lipinski definition) is 1. The first-order chi connectivity index (χ1) is 16.3. The average Bonchev–Trinajstić information content (AvgIpc) is 3.36. The molecule has 0 bridgehead atoms. The van der Waals surface area contributed by atoms with Gasteiger partial charge in [0.15, 0.2) is 17.3 Å². The predicted molar refractivity (Wildman–Crippen MR) is 130 cm³/mol. The first kappa shape index (κ1) is 22.2. The Morgan fingerprint density at radius 3 is 2.53 bits per heavy atom. The number of hydrogen-bond acceptors (Lipinski definition) is 7. The number of rotatable bonds is 5. The van der Waals surface area contributed by atoms with E-state index in [4.69, 9.17) is 0 Å². The van der Waals surface area contributed by atoms with Crippen LogP contribution in [0, 0.1) is 5.82 Å². The molecular formula is C23H24FN7O2S. The van der Waals surface area contributed by atoms with Crippen molar-refractivity contribution in [2.45, 2.75) is 32.7 Å². The number of benzene rings is 1. The van der Waals surface area contributed by atoms with Crippen molar-refractivity contribution in [3.8, 4) is 5.82 Å². The molecule has 4 aromatic rings. The fourth-order valence-electron chi connectivity index (χ4n) is 4.01. The zero-order chi connectivity index (χ0) is 23.9. The van der Waals surface area contributed by atoms with Crippen molar-refractivity contribution < 1.29 is 8.60 Å². The summed E-state index contributed by atoms with van der Waals surface area (Å²) in [4.78, 5) is 26.7. The highest BCUT2D eigenvalue weighted by Crippen LogP contribution is 2.23. The highest BCUT2D eigenvalue weighted by molar-refractivity contribution is 7.93. The number of halogens is 1. The summed E-state index contributed by atoms with van der Waals surface area (Å²) in [5.74, 6) is 1.87. The summed E-state index contributed by atoms with van der Waals surface area (Å²) < 4.78 is 33.8. The maximum Gasteiger partial charge on any atom is 0.278 e. The molecule has 0 atom stereocenters. The number of anilines is 2. The normalized spacial score (nSPS) is 15.2. The lowest BCUT2D eigenvalue weighted by Gasteiger charge is -2.15. The summed E-state index contributed by atoms with van der Waals surface area (Å²) in [6.45, 7) is 3.79. The lowest BCUT2D eigenvalue weighted by Crippen LogP contribution is -2.24. The largest absolute Gasteiger partial charge is 0.324 e. The van der Waals surface area contributed by atoms with Gasteiger partial charge in [-0.15, -0.1) is 0 Å². The van der Waals surface area contributed by atoms with Crippen LogP contribution in [0.5, 0.6) is 0 Å². The van der Waals surface area contributed by atoms with Gasteiger partial charge in [0.1, 0.15) is 11.2 Å². The third-order valence-electron chi connectivity index (χ3n) is 5.59. The van der Waals surface area contributed by atoms with E-state index >= 15 is 0 Å². The second-order valence-electron chi connectivity index (χ2n) is 8.45. The first-order valence-electron chi connectivity index (χ1n) is 11.1. The molecule has 0 unspecified atom stereocenters. The predicted octanol–water partition coefficient (Wildman–Crippen LogP) is 4.33. The maximum absolute atomic E-state index is 13.2. The van der Waals surface area contributed by atoms with Crippen molar-refractivity contribution in [1.29, 1.82) is 0 Å². The molecular weight excluding hydrogens is 457 g/mol. The summed E-state index contributed by atoms with van der Waals surface area (Å²) in [6.07, 6.45) is 3.27. The Labute approximate surface area is 195 Å². The fraction of sp³-hybridized carbons (Fsp3) is 0.304. The quantitative estimate of drug-likeness (QED) is 0.455. The maximum atomic E-state index is 13.2. The number of aromatic nitrogens is 5. The van der Waals surface area contributed by atoms with Gasteiger partial charge in [-0.1, -0.05) is 6.07 Å². The Kier molecular flexibility index (Phi) is 5.64. The minimum absolute atomic E-state index is 0.191. The zero-order valence-electron chi connectivity index (χ0n) is 18.8. The Bertz CT molecular complexity index is 1540. The molecule has 1 fully saturated rings. The molecule has 0 amide bonds. The molecule has 11 heteroatoms. The fourth-order valence-corrected chi connectivity index (χ4v) is 6.15. The molecule has 3 aromatic heterocycles. The smallest absolute Gasteiger partial charge is 0.278 e. The lowest BCUT2D eigenvalue weighted by molar-refractivity contribution is 0.472. The van der Waals surface area contributed by atoms with Gasteiger partial charge in [0.05, 0.1) is 9.73 Å². The second kappa shape index (κ2) is 8.64. The van der Waals surface area contributed by atoms with Crippen LogP contribution in [-0.4, -0.2) is 40.0 Å². The van der Waals surface area contributed by atoms with Crippen molar-refractivity contribution in [3.63, 3.8) is 0 Å². The molecule has 0 spiro atoms. The van der Waals surface area contributed by atoms with Crippen LogP contribution in [-0.2, 0) is 9.73 Å². The molecule has 34 heavy (non-hydrogen) atoms. The molecule has 1 aliphatic heterocycles. The van der Waals surface area contributed by atoms with E-state index in [0.717, 1.165) is 12.8 Å². The molecule has 0 radical (unpaired) electrons. The summed E-state index contributed by atoms with van der Waals surface area (Å²) in [6, 6.07) is 10.9. The van der Waals surface area contributed by atoms with E-state index in [0.29, 0.717) is 39.9 Å². The SMILES string of the molecule is CC(C)n1c(=O)c2cnc(Nc3ccc(F)cc3)nc2n1-c1cccc(N=S2(=O)CCCC2)n1. The van der Waals surface area contributed by atoms with Crippen LogP contribution < -0.4 is 10.9 Å². The standard InChI is InChI=1S/C23H24FN7O2S/c1-15(2)30-22(32)18-14-25-23(26-17-10-8-16(24)9-11-17)28-21(18)31(30)20-7-5-6-19(27-20)29-34(33)12-3-4-13-34/h5-11,14-15H,3-4,12-13H2,1-2H3,(H,25,26,28). The van der Waals surface area contributed by atoms with Crippen molar-refractivity contribution >= 4 is 38.2 Å². The molecule has 0 aliphatic carbocycles.